The first-order chi connectivity index (χ1) is 6.16. The van der Waals surface area contributed by atoms with Gasteiger partial charge in [0.2, 0.25) is 0 Å². The highest BCUT2D eigenvalue weighted by molar-refractivity contribution is 5.73. The van der Waals surface area contributed by atoms with Crippen molar-refractivity contribution in [3.8, 4) is 0 Å². The molecule has 1 saturated carbocycles. The minimum Gasteiger partial charge on any atom is -0.481 e. The van der Waals surface area contributed by atoms with E-state index >= 15 is 0 Å². The Labute approximate surface area is 75.9 Å². The third-order valence-corrected chi connectivity index (χ3v) is 2.99. The van der Waals surface area contributed by atoms with Gasteiger partial charge < -0.3 is 9.84 Å². The zero-order valence-corrected chi connectivity index (χ0v) is 7.23. The van der Waals surface area contributed by atoms with Crippen LogP contribution < -0.4 is 0 Å². The van der Waals surface area contributed by atoms with E-state index in [-0.39, 0.29) is 23.9 Å². The van der Waals surface area contributed by atoms with Crippen molar-refractivity contribution in [1.29, 1.82) is 0 Å². The first kappa shape index (κ1) is 8.53. The molecule has 2 fully saturated rings. The summed E-state index contributed by atoms with van der Waals surface area (Å²) >= 11 is 0. The minimum atomic E-state index is -0.763. The number of carbonyl (C=O) groups is 2. The van der Waals surface area contributed by atoms with E-state index in [2.05, 4.69) is 0 Å². The van der Waals surface area contributed by atoms with Gasteiger partial charge in [0.1, 0.15) is 6.10 Å². The molecule has 0 aromatic carbocycles. The van der Waals surface area contributed by atoms with Gasteiger partial charge in [0.05, 0.1) is 12.3 Å². The Hall–Kier alpha value is -1.06. The predicted molar refractivity (Wildman–Crippen MR) is 43.0 cm³/mol. The SMILES string of the molecule is O=C1C[C@@H]2CC[C@H](C(=O)O)C[C@@H]2O1. The molecule has 0 unspecified atom stereocenters. The number of ether oxygens (including phenoxy) is 1. The van der Waals surface area contributed by atoms with Crippen LogP contribution in [0, 0.1) is 11.8 Å². The average molecular weight is 184 g/mol. The summed E-state index contributed by atoms with van der Waals surface area (Å²) in [5.74, 6) is -0.960. The molecular weight excluding hydrogens is 172 g/mol. The molecule has 0 bridgehead atoms. The number of hydrogen-bond acceptors (Lipinski definition) is 3. The number of fused-ring (bicyclic) bond motifs is 1. The second-order valence-electron chi connectivity index (χ2n) is 3.84. The number of aliphatic carboxylic acids is 1. The van der Waals surface area contributed by atoms with Gasteiger partial charge in [0.15, 0.2) is 0 Å². The number of carbonyl (C=O) groups excluding carboxylic acids is 1. The van der Waals surface area contributed by atoms with Crippen LogP contribution in [0.5, 0.6) is 0 Å². The molecule has 1 aliphatic heterocycles. The van der Waals surface area contributed by atoms with E-state index < -0.39 is 5.97 Å². The molecule has 4 heteroatoms. The number of carboxylic acids is 1. The lowest BCUT2D eigenvalue weighted by Gasteiger charge is -2.27. The Balaban J connectivity index is 2.01. The van der Waals surface area contributed by atoms with Gasteiger partial charge in [-0.2, -0.15) is 0 Å². The van der Waals surface area contributed by atoms with Gasteiger partial charge in [-0.05, 0) is 19.3 Å². The molecule has 0 aromatic heterocycles. The maximum absolute atomic E-state index is 10.9. The normalized spacial score (nSPS) is 38.2. The summed E-state index contributed by atoms with van der Waals surface area (Å²) in [4.78, 5) is 21.6. The summed E-state index contributed by atoms with van der Waals surface area (Å²) in [5, 5.41) is 8.78. The van der Waals surface area contributed by atoms with Crippen LogP contribution in [-0.2, 0) is 14.3 Å². The first-order valence-corrected chi connectivity index (χ1v) is 4.59. The average Bonchev–Trinajstić information content (AvgIpc) is 2.42. The van der Waals surface area contributed by atoms with Crippen molar-refractivity contribution >= 4 is 11.9 Å². The minimum absolute atomic E-state index is 0.123. The van der Waals surface area contributed by atoms with Crippen LogP contribution in [0.2, 0.25) is 0 Å². The van der Waals surface area contributed by atoms with Crippen LogP contribution in [0.25, 0.3) is 0 Å². The molecular formula is C9H12O4. The summed E-state index contributed by atoms with van der Waals surface area (Å²) in [6.07, 6.45) is 2.37. The maximum Gasteiger partial charge on any atom is 0.306 e. The van der Waals surface area contributed by atoms with Gasteiger partial charge in [-0.3, -0.25) is 9.59 Å². The second-order valence-corrected chi connectivity index (χ2v) is 3.84. The zero-order valence-electron chi connectivity index (χ0n) is 7.23. The molecule has 3 atom stereocenters. The Bertz CT molecular complexity index is 248. The molecule has 1 saturated heterocycles. The molecule has 0 amide bonds. The van der Waals surface area contributed by atoms with E-state index in [4.69, 9.17) is 9.84 Å². The van der Waals surface area contributed by atoms with Gasteiger partial charge in [0.25, 0.3) is 0 Å². The van der Waals surface area contributed by atoms with Gasteiger partial charge in [-0.1, -0.05) is 0 Å². The lowest BCUT2D eigenvalue weighted by Crippen LogP contribution is -2.30. The Kier molecular flexibility index (Phi) is 1.98. The molecule has 0 aromatic rings. The molecule has 2 aliphatic rings. The lowest BCUT2D eigenvalue weighted by atomic mass is 9.80. The number of carboxylic acid groups (broad SMARTS) is 1. The fourth-order valence-corrected chi connectivity index (χ4v) is 2.23. The van der Waals surface area contributed by atoms with Crippen molar-refractivity contribution in [3.63, 3.8) is 0 Å². The van der Waals surface area contributed by atoms with E-state index in [1.807, 2.05) is 0 Å². The van der Waals surface area contributed by atoms with Gasteiger partial charge in [-0.25, -0.2) is 0 Å². The summed E-state index contributed by atoms with van der Waals surface area (Å²) in [5.41, 5.74) is 0. The maximum atomic E-state index is 10.9. The number of hydrogen-bond donors (Lipinski definition) is 1. The molecule has 1 aliphatic carbocycles. The van der Waals surface area contributed by atoms with E-state index in [0.29, 0.717) is 19.3 Å². The predicted octanol–water partition coefficient (Wildman–Crippen LogP) is 0.803. The van der Waals surface area contributed by atoms with Crippen LogP contribution in [0.4, 0.5) is 0 Å². The van der Waals surface area contributed by atoms with Crippen molar-refractivity contribution in [3.05, 3.63) is 0 Å². The summed E-state index contributed by atoms with van der Waals surface area (Å²) in [7, 11) is 0. The van der Waals surface area contributed by atoms with E-state index in [1.54, 1.807) is 0 Å². The van der Waals surface area contributed by atoms with E-state index in [9.17, 15) is 9.59 Å². The van der Waals surface area contributed by atoms with E-state index in [1.165, 1.54) is 0 Å². The fourth-order valence-electron chi connectivity index (χ4n) is 2.23. The van der Waals surface area contributed by atoms with Crippen molar-refractivity contribution in [2.45, 2.75) is 31.8 Å². The number of esters is 1. The second kappa shape index (κ2) is 3.01. The highest BCUT2D eigenvalue weighted by Crippen LogP contribution is 2.37. The first-order valence-electron chi connectivity index (χ1n) is 4.59. The summed E-state index contributed by atoms with van der Waals surface area (Å²) in [6.45, 7) is 0. The zero-order chi connectivity index (χ0) is 9.42. The highest BCUT2D eigenvalue weighted by Gasteiger charge is 2.41. The smallest absolute Gasteiger partial charge is 0.306 e. The Morgan fingerprint density at radius 2 is 2.23 bits per heavy atom. The molecule has 4 nitrogen and oxygen atoms in total. The van der Waals surface area contributed by atoms with Crippen LogP contribution in [0.15, 0.2) is 0 Å². The topological polar surface area (TPSA) is 63.6 Å². The third-order valence-electron chi connectivity index (χ3n) is 2.99. The molecule has 13 heavy (non-hydrogen) atoms. The molecule has 1 N–H and O–H groups in total. The largest absolute Gasteiger partial charge is 0.481 e. The van der Waals surface area contributed by atoms with Gasteiger partial charge in [0, 0.05) is 5.92 Å². The Morgan fingerprint density at radius 3 is 2.92 bits per heavy atom. The molecule has 72 valence electrons. The monoisotopic (exact) mass is 184 g/mol. The highest BCUT2D eigenvalue weighted by atomic mass is 16.5. The third kappa shape index (κ3) is 1.53. The summed E-state index contributed by atoms with van der Waals surface area (Å²) in [6, 6.07) is 0. The van der Waals surface area contributed by atoms with Crippen molar-refractivity contribution in [2.24, 2.45) is 11.8 Å². The molecule has 1 heterocycles. The van der Waals surface area contributed by atoms with E-state index in [0.717, 1.165) is 6.42 Å². The van der Waals surface area contributed by atoms with Crippen LogP contribution in [0.1, 0.15) is 25.7 Å². The van der Waals surface area contributed by atoms with Crippen LogP contribution in [0.3, 0.4) is 0 Å². The van der Waals surface area contributed by atoms with Crippen LogP contribution >= 0.6 is 0 Å². The van der Waals surface area contributed by atoms with Gasteiger partial charge >= 0.3 is 11.9 Å². The standard InChI is InChI=1S/C9H12O4/c10-8-4-5-1-2-6(9(11)12)3-7(5)13-8/h5-7H,1-4H2,(H,11,12)/t5-,6-,7-/m0/s1. The van der Waals surface area contributed by atoms with Crippen molar-refractivity contribution in [2.75, 3.05) is 0 Å². The molecule has 0 radical (unpaired) electrons. The van der Waals surface area contributed by atoms with Gasteiger partial charge in [-0.15, -0.1) is 0 Å². The number of rotatable bonds is 1. The fraction of sp³-hybridized carbons (Fsp3) is 0.778. The molecule has 2 rings (SSSR count). The van der Waals surface area contributed by atoms with Crippen molar-refractivity contribution in [1.82, 2.24) is 0 Å². The van der Waals surface area contributed by atoms with Crippen LogP contribution in [-0.4, -0.2) is 23.1 Å². The lowest BCUT2D eigenvalue weighted by molar-refractivity contribution is -0.149. The summed E-state index contributed by atoms with van der Waals surface area (Å²) < 4.78 is 5.04. The molecule has 0 spiro atoms. The van der Waals surface area contributed by atoms with Crippen molar-refractivity contribution < 1.29 is 19.4 Å². The Morgan fingerprint density at radius 1 is 1.46 bits per heavy atom. The quantitative estimate of drug-likeness (QED) is 0.612.